The van der Waals surface area contributed by atoms with Gasteiger partial charge in [0.15, 0.2) is 0 Å². The van der Waals surface area contributed by atoms with Crippen LogP contribution in [-0.2, 0) is 12.0 Å². The van der Waals surface area contributed by atoms with E-state index in [1.54, 1.807) is 0 Å². The van der Waals surface area contributed by atoms with E-state index >= 15 is 0 Å². The molecule has 2 unspecified atom stereocenters. The molecule has 2 aromatic carbocycles. The fraction of sp³-hybridized carbons (Fsp3) is 0.250. The monoisotopic (exact) mass is 381 g/mol. The van der Waals surface area contributed by atoms with Crippen LogP contribution in [0.5, 0.6) is 0 Å². The van der Waals surface area contributed by atoms with Gasteiger partial charge in [-0.05, 0) is 47.7 Å². The van der Waals surface area contributed by atoms with Crippen LogP contribution in [0.1, 0.15) is 35.2 Å². The number of benzene rings is 2. The molecule has 0 aliphatic carbocycles. The van der Waals surface area contributed by atoms with Gasteiger partial charge in [-0.25, -0.2) is 3.11 Å². The number of fused-ring (bicyclic) bond motifs is 7. The molecule has 2 aromatic rings. The van der Waals surface area contributed by atoms with Gasteiger partial charge in [0.05, 0.1) is 11.6 Å². The largest absolute Gasteiger partial charge is 0.225 e. The van der Waals surface area contributed by atoms with Gasteiger partial charge in [0.25, 0.3) is 0 Å². The fourth-order valence-corrected chi connectivity index (χ4v) is 4.81. The first kappa shape index (κ1) is 12.2. The average molecular weight is 382 g/mol. The van der Waals surface area contributed by atoms with E-state index in [-0.39, 0.29) is 5.54 Å². The highest BCUT2D eigenvalue weighted by Crippen LogP contribution is 2.57. The maximum Gasteiger partial charge on any atom is 0.0789 e. The van der Waals surface area contributed by atoms with E-state index in [9.17, 15) is 0 Å². The lowest BCUT2D eigenvalue weighted by atomic mass is 9.82. The van der Waals surface area contributed by atoms with Crippen molar-refractivity contribution < 1.29 is 0 Å². The fourth-order valence-electron chi connectivity index (χ4n) is 3.62. The number of hydrogen-bond donors (Lipinski definition) is 0. The molecular formula is C16H13ClIN. The number of rotatable bonds is 0. The normalized spacial score (nSPS) is 28.1. The van der Waals surface area contributed by atoms with Crippen molar-refractivity contribution in [2.75, 3.05) is 0 Å². The van der Waals surface area contributed by atoms with Crippen molar-refractivity contribution in [2.45, 2.75) is 24.9 Å². The maximum atomic E-state index is 6.23. The van der Waals surface area contributed by atoms with E-state index in [0.717, 1.165) is 11.4 Å². The number of hydrogen-bond acceptors (Lipinski definition) is 1. The van der Waals surface area contributed by atoms with Gasteiger partial charge in [0.2, 0.25) is 0 Å². The predicted octanol–water partition coefficient (Wildman–Crippen LogP) is 4.87. The topological polar surface area (TPSA) is 3.24 Å². The second kappa shape index (κ2) is 3.96. The summed E-state index contributed by atoms with van der Waals surface area (Å²) in [5.41, 5.74) is 5.62. The first-order chi connectivity index (χ1) is 9.12. The van der Waals surface area contributed by atoms with Crippen LogP contribution in [0.4, 0.5) is 0 Å². The summed E-state index contributed by atoms with van der Waals surface area (Å²) < 4.78 is 2.47. The van der Waals surface area contributed by atoms with E-state index < -0.39 is 0 Å². The standard InChI is InChI=1S/C16H13ClIN/c1-16-13-5-3-2-4-10(13)8-15(19(16)18)12-7-6-11(17)9-14(12)16/h2-7,9,15H,8H2,1H3. The lowest BCUT2D eigenvalue weighted by Crippen LogP contribution is -2.39. The van der Waals surface area contributed by atoms with Crippen molar-refractivity contribution in [1.29, 1.82) is 0 Å². The zero-order valence-corrected chi connectivity index (χ0v) is 13.4. The third-order valence-corrected chi connectivity index (χ3v) is 6.43. The first-order valence-electron chi connectivity index (χ1n) is 6.46. The smallest absolute Gasteiger partial charge is 0.0789 e. The molecular weight excluding hydrogens is 369 g/mol. The molecule has 1 nitrogen and oxygen atoms in total. The number of nitrogens with zero attached hydrogens (tertiary/aromatic N) is 1. The molecule has 4 rings (SSSR count). The summed E-state index contributed by atoms with van der Waals surface area (Å²) in [5, 5.41) is 0.829. The van der Waals surface area contributed by atoms with Crippen LogP contribution >= 0.6 is 34.5 Å². The Labute approximate surface area is 132 Å². The minimum Gasteiger partial charge on any atom is -0.225 e. The van der Waals surface area contributed by atoms with Gasteiger partial charge in [-0.2, -0.15) is 0 Å². The van der Waals surface area contributed by atoms with E-state index in [4.69, 9.17) is 11.6 Å². The van der Waals surface area contributed by atoms with Gasteiger partial charge in [-0.15, -0.1) is 0 Å². The van der Waals surface area contributed by atoms with Crippen LogP contribution in [0.25, 0.3) is 0 Å². The summed E-state index contributed by atoms with van der Waals surface area (Å²) in [6, 6.07) is 15.6. The minimum atomic E-state index is -0.0553. The van der Waals surface area contributed by atoms with E-state index in [2.05, 4.69) is 69.3 Å². The van der Waals surface area contributed by atoms with Crippen LogP contribution < -0.4 is 0 Å². The van der Waals surface area contributed by atoms with Crippen LogP contribution in [0.15, 0.2) is 42.5 Å². The second-order valence-electron chi connectivity index (χ2n) is 5.49. The van der Waals surface area contributed by atoms with Gasteiger partial charge < -0.3 is 0 Å². The van der Waals surface area contributed by atoms with Crippen LogP contribution in [0.2, 0.25) is 5.02 Å². The van der Waals surface area contributed by atoms with Crippen molar-refractivity contribution in [2.24, 2.45) is 0 Å². The molecule has 0 aromatic heterocycles. The highest BCUT2D eigenvalue weighted by Gasteiger charge is 2.51. The minimum absolute atomic E-state index is 0.0553. The third kappa shape index (κ3) is 1.45. The Balaban J connectivity index is 2.07. The Bertz CT molecular complexity index is 684. The summed E-state index contributed by atoms with van der Waals surface area (Å²) in [6.07, 6.45) is 1.09. The average Bonchev–Trinajstić information content (AvgIpc) is 2.56. The second-order valence-corrected chi connectivity index (χ2v) is 6.97. The molecule has 0 amide bonds. The Morgan fingerprint density at radius 2 is 2.00 bits per heavy atom. The van der Waals surface area contributed by atoms with Crippen molar-refractivity contribution in [3.8, 4) is 0 Å². The van der Waals surface area contributed by atoms with Gasteiger partial charge >= 0.3 is 0 Å². The molecule has 2 bridgehead atoms. The molecule has 2 aliphatic heterocycles. The van der Waals surface area contributed by atoms with E-state index in [1.165, 1.54) is 22.3 Å². The van der Waals surface area contributed by atoms with Gasteiger partial charge in [0.1, 0.15) is 0 Å². The predicted molar refractivity (Wildman–Crippen MR) is 86.7 cm³/mol. The molecule has 2 heterocycles. The molecule has 0 fully saturated rings. The molecule has 0 saturated carbocycles. The third-order valence-electron chi connectivity index (χ3n) is 4.55. The molecule has 2 aliphatic rings. The van der Waals surface area contributed by atoms with Crippen LogP contribution in [-0.4, -0.2) is 3.11 Å². The summed E-state index contributed by atoms with van der Waals surface area (Å²) in [7, 11) is 0. The Kier molecular flexibility index (Phi) is 2.54. The molecule has 0 saturated heterocycles. The summed E-state index contributed by atoms with van der Waals surface area (Å²) in [5.74, 6) is 0. The highest BCUT2D eigenvalue weighted by molar-refractivity contribution is 14.1. The van der Waals surface area contributed by atoms with Gasteiger partial charge in [-0.3, -0.25) is 0 Å². The maximum absolute atomic E-state index is 6.23. The summed E-state index contributed by atoms with van der Waals surface area (Å²) in [4.78, 5) is 0. The zero-order valence-electron chi connectivity index (χ0n) is 10.5. The summed E-state index contributed by atoms with van der Waals surface area (Å²) in [6.45, 7) is 2.31. The zero-order chi connectivity index (χ0) is 13.2. The van der Waals surface area contributed by atoms with Crippen molar-refractivity contribution >= 4 is 34.5 Å². The quantitative estimate of drug-likeness (QED) is 0.465. The van der Waals surface area contributed by atoms with E-state index in [0.29, 0.717) is 6.04 Å². The Morgan fingerprint density at radius 1 is 1.21 bits per heavy atom. The molecule has 3 heteroatoms. The van der Waals surface area contributed by atoms with Gasteiger partial charge in [0, 0.05) is 27.9 Å². The number of halogens is 2. The van der Waals surface area contributed by atoms with Crippen LogP contribution in [0.3, 0.4) is 0 Å². The first-order valence-corrected chi connectivity index (χ1v) is 7.80. The molecule has 19 heavy (non-hydrogen) atoms. The Morgan fingerprint density at radius 3 is 2.84 bits per heavy atom. The molecule has 2 atom stereocenters. The Hall–Kier alpha value is -0.580. The lowest BCUT2D eigenvalue weighted by molar-refractivity contribution is 0.257. The van der Waals surface area contributed by atoms with Crippen molar-refractivity contribution in [3.05, 3.63) is 69.7 Å². The molecule has 0 N–H and O–H groups in total. The SMILES string of the molecule is CC12c3ccccc3CC(c3ccc(Cl)cc31)N2I. The highest BCUT2D eigenvalue weighted by atomic mass is 127. The van der Waals surface area contributed by atoms with Crippen LogP contribution in [0, 0.1) is 0 Å². The van der Waals surface area contributed by atoms with E-state index in [1.807, 2.05) is 6.07 Å². The molecule has 0 spiro atoms. The lowest BCUT2D eigenvalue weighted by Gasteiger charge is -2.40. The van der Waals surface area contributed by atoms with Crippen molar-refractivity contribution in [3.63, 3.8) is 0 Å². The molecule has 96 valence electrons. The summed E-state index contributed by atoms with van der Waals surface area (Å²) >= 11 is 8.71. The van der Waals surface area contributed by atoms with Gasteiger partial charge in [-0.1, -0.05) is 41.9 Å². The molecule has 0 radical (unpaired) electrons. The van der Waals surface area contributed by atoms with Crippen molar-refractivity contribution in [1.82, 2.24) is 3.11 Å².